The van der Waals surface area contributed by atoms with Crippen molar-refractivity contribution in [2.75, 3.05) is 19.3 Å². The van der Waals surface area contributed by atoms with Crippen molar-refractivity contribution < 1.29 is 21.6 Å². The number of hydrogen-bond acceptors (Lipinski definition) is 5. The lowest BCUT2D eigenvalue weighted by Gasteiger charge is -2.22. The SMILES string of the molecule is Cc1ccc(C(=O)NC(C)c2ccc(S(C)(=O)=O)cc2)cc1S(=O)(=O)N1CCCCCC1. The number of amides is 1. The highest BCUT2D eigenvalue weighted by molar-refractivity contribution is 7.90. The van der Waals surface area contributed by atoms with Crippen molar-refractivity contribution in [1.29, 1.82) is 0 Å². The summed E-state index contributed by atoms with van der Waals surface area (Å²) in [5, 5.41) is 2.86. The number of rotatable bonds is 6. The summed E-state index contributed by atoms with van der Waals surface area (Å²) in [5.41, 5.74) is 1.62. The van der Waals surface area contributed by atoms with Crippen LogP contribution < -0.4 is 5.32 Å². The molecule has 0 saturated carbocycles. The number of carbonyl (C=O) groups excluding carboxylic acids is 1. The van der Waals surface area contributed by atoms with Gasteiger partial charge in [0.25, 0.3) is 5.91 Å². The molecule has 1 aliphatic rings. The molecule has 9 heteroatoms. The van der Waals surface area contributed by atoms with Crippen LogP contribution >= 0.6 is 0 Å². The van der Waals surface area contributed by atoms with Gasteiger partial charge >= 0.3 is 0 Å². The van der Waals surface area contributed by atoms with E-state index in [2.05, 4.69) is 5.32 Å². The molecule has 32 heavy (non-hydrogen) atoms. The summed E-state index contributed by atoms with van der Waals surface area (Å²) >= 11 is 0. The van der Waals surface area contributed by atoms with Crippen molar-refractivity contribution in [1.82, 2.24) is 9.62 Å². The topological polar surface area (TPSA) is 101 Å². The van der Waals surface area contributed by atoms with Gasteiger partial charge in [0.05, 0.1) is 15.8 Å². The fraction of sp³-hybridized carbons (Fsp3) is 0.435. The fourth-order valence-electron chi connectivity index (χ4n) is 3.81. The first kappa shape index (κ1) is 24.4. The molecule has 1 amide bonds. The lowest BCUT2D eigenvalue weighted by molar-refractivity contribution is 0.0939. The van der Waals surface area contributed by atoms with Crippen LogP contribution in [-0.2, 0) is 19.9 Å². The zero-order valence-electron chi connectivity index (χ0n) is 18.7. The molecule has 1 fully saturated rings. The Labute approximate surface area is 190 Å². The van der Waals surface area contributed by atoms with Gasteiger partial charge in [-0.25, -0.2) is 16.8 Å². The molecule has 3 rings (SSSR count). The monoisotopic (exact) mass is 478 g/mol. The Kier molecular flexibility index (Phi) is 7.42. The summed E-state index contributed by atoms with van der Waals surface area (Å²) in [6.45, 7) is 4.52. The third-order valence-electron chi connectivity index (χ3n) is 5.79. The molecule has 1 saturated heterocycles. The number of nitrogens with zero attached hydrogens (tertiary/aromatic N) is 1. The molecule has 174 valence electrons. The fourth-order valence-corrected chi connectivity index (χ4v) is 6.21. The summed E-state index contributed by atoms with van der Waals surface area (Å²) in [4.78, 5) is 13.2. The van der Waals surface area contributed by atoms with Crippen molar-refractivity contribution in [3.05, 3.63) is 59.2 Å². The molecule has 0 radical (unpaired) electrons. The maximum absolute atomic E-state index is 13.2. The molecule has 0 bridgehead atoms. The van der Waals surface area contributed by atoms with E-state index in [-0.39, 0.29) is 21.4 Å². The van der Waals surface area contributed by atoms with E-state index < -0.39 is 25.8 Å². The molecule has 1 N–H and O–H groups in total. The van der Waals surface area contributed by atoms with Gasteiger partial charge in [-0.2, -0.15) is 4.31 Å². The van der Waals surface area contributed by atoms with Gasteiger partial charge in [-0.05, 0) is 62.1 Å². The molecule has 1 aliphatic heterocycles. The van der Waals surface area contributed by atoms with Crippen molar-refractivity contribution >= 4 is 25.8 Å². The van der Waals surface area contributed by atoms with Crippen LogP contribution in [0.4, 0.5) is 0 Å². The third kappa shape index (κ3) is 5.57. The first-order valence-corrected chi connectivity index (χ1v) is 14.0. The number of aryl methyl sites for hydroxylation is 1. The van der Waals surface area contributed by atoms with Crippen molar-refractivity contribution in [2.45, 2.75) is 55.4 Å². The second-order valence-corrected chi connectivity index (χ2v) is 12.3. The quantitative estimate of drug-likeness (QED) is 0.685. The maximum Gasteiger partial charge on any atom is 0.251 e. The van der Waals surface area contributed by atoms with Crippen molar-refractivity contribution in [3.63, 3.8) is 0 Å². The lowest BCUT2D eigenvalue weighted by Crippen LogP contribution is -2.33. The summed E-state index contributed by atoms with van der Waals surface area (Å²) in [5.74, 6) is -0.392. The van der Waals surface area contributed by atoms with E-state index in [0.717, 1.165) is 37.5 Å². The number of carbonyl (C=O) groups is 1. The first-order valence-electron chi connectivity index (χ1n) is 10.7. The Hall–Kier alpha value is -2.23. The zero-order chi connectivity index (χ0) is 23.5. The van der Waals surface area contributed by atoms with Crippen LogP contribution in [0.3, 0.4) is 0 Å². The number of benzene rings is 2. The Morgan fingerprint density at radius 2 is 1.53 bits per heavy atom. The minimum Gasteiger partial charge on any atom is -0.346 e. The molecular formula is C23H30N2O5S2. The summed E-state index contributed by atoms with van der Waals surface area (Å²) in [6, 6.07) is 10.7. The number of sulfone groups is 1. The molecule has 0 aromatic heterocycles. The van der Waals surface area contributed by atoms with E-state index in [9.17, 15) is 21.6 Å². The van der Waals surface area contributed by atoms with Gasteiger partial charge in [0.15, 0.2) is 9.84 Å². The van der Waals surface area contributed by atoms with Gasteiger partial charge in [0.1, 0.15) is 0 Å². The molecule has 7 nitrogen and oxygen atoms in total. The molecule has 1 atom stereocenters. The highest BCUT2D eigenvalue weighted by Crippen LogP contribution is 2.25. The van der Waals surface area contributed by atoms with E-state index in [1.54, 1.807) is 38.1 Å². The van der Waals surface area contributed by atoms with Crippen LogP contribution in [0.2, 0.25) is 0 Å². The Morgan fingerprint density at radius 3 is 2.09 bits per heavy atom. The van der Waals surface area contributed by atoms with Crippen molar-refractivity contribution in [2.24, 2.45) is 0 Å². The van der Waals surface area contributed by atoms with E-state index in [0.29, 0.717) is 18.7 Å². The third-order valence-corrected chi connectivity index (χ3v) is 8.96. The maximum atomic E-state index is 13.2. The molecule has 0 spiro atoms. The Balaban J connectivity index is 1.80. The minimum absolute atomic E-state index is 0.164. The van der Waals surface area contributed by atoms with E-state index in [4.69, 9.17) is 0 Å². The minimum atomic E-state index is -3.68. The molecule has 1 heterocycles. The van der Waals surface area contributed by atoms with E-state index >= 15 is 0 Å². The number of hydrogen-bond donors (Lipinski definition) is 1. The molecule has 2 aromatic carbocycles. The molecular weight excluding hydrogens is 448 g/mol. The first-order chi connectivity index (χ1) is 15.0. The standard InChI is InChI=1S/C23H30N2O5S2/c1-17-8-9-20(16-22(17)32(29,30)25-14-6-4-5-7-15-25)23(26)24-18(2)19-10-12-21(13-11-19)31(3,27)28/h8-13,16,18H,4-7,14-15H2,1-3H3,(H,24,26). The summed E-state index contributed by atoms with van der Waals surface area (Å²) < 4.78 is 51.3. The molecule has 1 unspecified atom stereocenters. The van der Waals surface area contributed by atoms with Gasteiger partial charge < -0.3 is 5.32 Å². The zero-order valence-corrected chi connectivity index (χ0v) is 20.3. The van der Waals surface area contributed by atoms with Crippen LogP contribution in [0.5, 0.6) is 0 Å². The second-order valence-electron chi connectivity index (χ2n) is 8.33. The normalized spacial score (nSPS) is 16.8. The van der Waals surface area contributed by atoms with E-state index in [1.165, 1.54) is 22.5 Å². The lowest BCUT2D eigenvalue weighted by atomic mass is 10.1. The van der Waals surface area contributed by atoms with Gasteiger partial charge in [-0.3, -0.25) is 4.79 Å². The van der Waals surface area contributed by atoms with Gasteiger partial charge in [0.2, 0.25) is 10.0 Å². The second kappa shape index (κ2) is 9.72. The van der Waals surface area contributed by atoms with Gasteiger partial charge in [0, 0.05) is 24.9 Å². The van der Waals surface area contributed by atoms with Crippen LogP contribution in [0.25, 0.3) is 0 Å². The average Bonchev–Trinajstić information content (AvgIpc) is 3.03. The Morgan fingerprint density at radius 1 is 0.938 bits per heavy atom. The van der Waals surface area contributed by atoms with Crippen molar-refractivity contribution in [3.8, 4) is 0 Å². The van der Waals surface area contributed by atoms with Gasteiger partial charge in [-0.15, -0.1) is 0 Å². The van der Waals surface area contributed by atoms with E-state index in [1.807, 2.05) is 0 Å². The Bertz CT molecular complexity index is 1180. The summed E-state index contributed by atoms with van der Waals surface area (Å²) in [6.07, 6.45) is 4.87. The molecule has 2 aromatic rings. The van der Waals surface area contributed by atoms with Crippen LogP contribution in [0.1, 0.15) is 60.1 Å². The predicted molar refractivity (Wildman–Crippen MR) is 124 cm³/mol. The number of sulfonamides is 1. The number of nitrogens with one attached hydrogen (secondary N) is 1. The van der Waals surface area contributed by atoms with Crippen LogP contribution in [0, 0.1) is 6.92 Å². The van der Waals surface area contributed by atoms with Crippen LogP contribution in [-0.4, -0.2) is 46.4 Å². The van der Waals surface area contributed by atoms with Crippen LogP contribution in [0.15, 0.2) is 52.3 Å². The highest BCUT2D eigenvalue weighted by atomic mass is 32.2. The average molecular weight is 479 g/mol. The van der Waals surface area contributed by atoms with Gasteiger partial charge in [-0.1, -0.05) is 31.0 Å². The molecule has 0 aliphatic carbocycles. The smallest absolute Gasteiger partial charge is 0.251 e. The predicted octanol–water partition coefficient (Wildman–Crippen LogP) is 3.45. The largest absolute Gasteiger partial charge is 0.346 e. The summed E-state index contributed by atoms with van der Waals surface area (Å²) in [7, 11) is -6.97. The highest BCUT2D eigenvalue weighted by Gasteiger charge is 2.27.